The lowest BCUT2D eigenvalue weighted by Crippen LogP contribution is -2.21. The first kappa shape index (κ1) is 20.9. The third kappa shape index (κ3) is 3.60. The molecule has 0 spiro atoms. The first-order valence-electron chi connectivity index (χ1n) is 9.23. The SMILES string of the molecule is CCC(C)C(C(=O)O)c1c(C)n(C(=O)c2cccc(Cl)c2)c2cc(F)c(O)cc12. The molecule has 0 aliphatic carbocycles. The standard InChI is InChI=1S/C22H21ClFNO4/c1-4-11(2)19(22(28)29)20-12(3)25(17-10-16(24)18(26)9-15(17)20)21(27)13-6-5-7-14(23)8-13/h5-11,19,26H,4H2,1-3H3,(H,28,29). The van der Waals surface area contributed by atoms with Gasteiger partial charge in [0.05, 0.1) is 11.4 Å². The van der Waals surface area contributed by atoms with Gasteiger partial charge in [-0.15, -0.1) is 0 Å². The topological polar surface area (TPSA) is 79.5 Å². The van der Waals surface area contributed by atoms with Crippen LogP contribution in [0.1, 0.15) is 47.8 Å². The molecule has 29 heavy (non-hydrogen) atoms. The number of aromatic hydroxyl groups is 1. The Hall–Kier alpha value is -2.86. The maximum absolute atomic E-state index is 14.2. The van der Waals surface area contributed by atoms with Crippen molar-refractivity contribution < 1.29 is 24.2 Å². The van der Waals surface area contributed by atoms with Crippen molar-refractivity contribution in [1.29, 1.82) is 0 Å². The second-order valence-corrected chi connectivity index (χ2v) is 7.61. The zero-order chi connectivity index (χ0) is 21.5. The van der Waals surface area contributed by atoms with Gasteiger partial charge in [-0.3, -0.25) is 14.2 Å². The summed E-state index contributed by atoms with van der Waals surface area (Å²) in [4.78, 5) is 25.3. The Balaban J connectivity index is 2.37. The van der Waals surface area contributed by atoms with Crippen LogP contribution in [0.15, 0.2) is 36.4 Å². The van der Waals surface area contributed by atoms with Gasteiger partial charge in [-0.1, -0.05) is 37.9 Å². The van der Waals surface area contributed by atoms with Crippen molar-refractivity contribution >= 4 is 34.4 Å². The van der Waals surface area contributed by atoms with Crippen LogP contribution in [0.3, 0.4) is 0 Å². The van der Waals surface area contributed by atoms with Crippen molar-refractivity contribution in [2.24, 2.45) is 5.92 Å². The molecule has 2 aromatic carbocycles. The number of carbonyl (C=O) groups is 2. The van der Waals surface area contributed by atoms with Crippen LogP contribution < -0.4 is 0 Å². The van der Waals surface area contributed by atoms with E-state index in [4.69, 9.17) is 11.6 Å². The van der Waals surface area contributed by atoms with Gasteiger partial charge < -0.3 is 10.2 Å². The molecular weight excluding hydrogens is 397 g/mol. The molecule has 0 aliphatic rings. The molecule has 0 bridgehead atoms. The number of hydrogen-bond donors (Lipinski definition) is 2. The predicted molar refractivity (Wildman–Crippen MR) is 109 cm³/mol. The summed E-state index contributed by atoms with van der Waals surface area (Å²) < 4.78 is 15.5. The molecule has 0 saturated carbocycles. The summed E-state index contributed by atoms with van der Waals surface area (Å²) in [6, 6.07) is 8.58. The van der Waals surface area contributed by atoms with Gasteiger partial charge in [0.25, 0.3) is 5.91 Å². The molecule has 152 valence electrons. The average molecular weight is 418 g/mol. The molecule has 3 aromatic rings. The maximum Gasteiger partial charge on any atom is 0.311 e. The van der Waals surface area contributed by atoms with Crippen LogP contribution >= 0.6 is 11.6 Å². The van der Waals surface area contributed by atoms with E-state index in [0.717, 1.165) is 6.07 Å². The zero-order valence-corrected chi connectivity index (χ0v) is 17.0. The quantitative estimate of drug-likeness (QED) is 0.586. The van der Waals surface area contributed by atoms with Crippen molar-refractivity contribution in [3.05, 3.63) is 64.1 Å². The van der Waals surface area contributed by atoms with E-state index in [-0.39, 0.29) is 17.0 Å². The van der Waals surface area contributed by atoms with Crippen molar-refractivity contribution in [3.63, 3.8) is 0 Å². The van der Waals surface area contributed by atoms with E-state index in [1.165, 1.54) is 16.7 Å². The van der Waals surface area contributed by atoms with Gasteiger partial charge in [0.15, 0.2) is 11.6 Å². The summed E-state index contributed by atoms with van der Waals surface area (Å²) in [6.45, 7) is 5.32. The van der Waals surface area contributed by atoms with Crippen LogP contribution in [0.4, 0.5) is 4.39 Å². The van der Waals surface area contributed by atoms with E-state index in [2.05, 4.69) is 0 Å². The van der Waals surface area contributed by atoms with E-state index in [1.54, 1.807) is 25.1 Å². The number of halogens is 2. The van der Waals surface area contributed by atoms with Gasteiger partial charge in [0, 0.05) is 27.7 Å². The number of carbonyl (C=O) groups excluding carboxylic acids is 1. The van der Waals surface area contributed by atoms with Gasteiger partial charge in [0.2, 0.25) is 0 Å². The Kier molecular flexibility index (Phi) is 5.66. The van der Waals surface area contributed by atoms with Crippen LogP contribution in [0.5, 0.6) is 5.75 Å². The van der Waals surface area contributed by atoms with Crippen molar-refractivity contribution in [3.8, 4) is 5.75 Å². The number of rotatable bonds is 5. The van der Waals surface area contributed by atoms with Crippen LogP contribution in [0, 0.1) is 18.7 Å². The minimum Gasteiger partial charge on any atom is -0.505 e. The van der Waals surface area contributed by atoms with Crippen LogP contribution in [0.25, 0.3) is 10.9 Å². The molecule has 0 amide bonds. The molecule has 2 atom stereocenters. The Morgan fingerprint density at radius 1 is 1.24 bits per heavy atom. The molecule has 2 unspecified atom stereocenters. The van der Waals surface area contributed by atoms with E-state index < -0.39 is 29.4 Å². The lowest BCUT2D eigenvalue weighted by Gasteiger charge is -2.20. The van der Waals surface area contributed by atoms with Crippen LogP contribution in [-0.2, 0) is 4.79 Å². The number of aromatic nitrogens is 1. The van der Waals surface area contributed by atoms with Crippen LogP contribution in [0.2, 0.25) is 5.02 Å². The number of carboxylic acid groups (broad SMARTS) is 1. The number of carboxylic acids is 1. The highest BCUT2D eigenvalue weighted by Gasteiger charge is 2.33. The average Bonchev–Trinajstić information content (AvgIpc) is 2.93. The molecule has 1 heterocycles. The number of phenolic OH excluding ortho intramolecular Hbond substituents is 1. The Morgan fingerprint density at radius 3 is 2.52 bits per heavy atom. The highest BCUT2D eigenvalue weighted by molar-refractivity contribution is 6.31. The molecule has 2 N–H and O–H groups in total. The van der Waals surface area contributed by atoms with Crippen molar-refractivity contribution in [1.82, 2.24) is 4.57 Å². The van der Waals surface area contributed by atoms with Gasteiger partial charge >= 0.3 is 5.97 Å². The van der Waals surface area contributed by atoms with E-state index in [9.17, 15) is 24.2 Å². The number of fused-ring (bicyclic) bond motifs is 1. The van der Waals surface area contributed by atoms with Crippen molar-refractivity contribution in [2.45, 2.75) is 33.1 Å². The Morgan fingerprint density at radius 2 is 1.93 bits per heavy atom. The maximum atomic E-state index is 14.2. The smallest absolute Gasteiger partial charge is 0.311 e. The first-order valence-corrected chi connectivity index (χ1v) is 9.61. The first-order chi connectivity index (χ1) is 13.7. The largest absolute Gasteiger partial charge is 0.505 e. The molecule has 1 aromatic heterocycles. The second kappa shape index (κ2) is 7.87. The highest BCUT2D eigenvalue weighted by atomic mass is 35.5. The molecule has 0 fully saturated rings. The Bertz CT molecular complexity index is 1120. The fourth-order valence-corrected chi connectivity index (χ4v) is 3.93. The number of aliphatic carboxylic acids is 1. The minimum atomic E-state index is -1.04. The summed E-state index contributed by atoms with van der Waals surface area (Å²) in [5.74, 6) is -4.14. The fraction of sp³-hybridized carbons (Fsp3) is 0.273. The Labute approximate surface area is 172 Å². The minimum absolute atomic E-state index is 0.201. The van der Waals surface area contributed by atoms with E-state index >= 15 is 0 Å². The third-order valence-electron chi connectivity index (χ3n) is 5.39. The monoisotopic (exact) mass is 417 g/mol. The summed E-state index contributed by atoms with van der Waals surface area (Å²) in [5, 5.41) is 20.5. The zero-order valence-electron chi connectivity index (χ0n) is 16.2. The number of benzene rings is 2. The normalized spacial score (nSPS) is 13.4. The number of phenols is 1. The van der Waals surface area contributed by atoms with E-state index in [1.807, 2.05) is 13.8 Å². The fourth-order valence-electron chi connectivity index (χ4n) is 3.74. The third-order valence-corrected chi connectivity index (χ3v) is 5.62. The van der Waals surface area contributed by atoms with Crippen molar-refractivity contribution in [2.75, 3.05) is 0 Å². The van der Waals surface area contributed by atoms with E-state index in [0.29, 0.717) is 28.1 Å². The molecule has 0 aliphatic heterocycles. The second-order valence-electron chi connectivity index (χ2n) is 7.17. The van der Waals surface area contributed by atoms with Gasteiger partial charge in [-0.25, -0.2) is 4.39 Å². The molecule has 3 rings (SSSR count). The summed E-state index contributed by atoms with van der Waals surface area (Å²) in [7, 11) is 0. The highest BCUT2D eigenvalue weighted by Crippen LogP contribution is 2.39. The predicted octanol–water partition coefficient (Wildman–Crippen LogP) is 5.35. The van der Waals surface area contributed by atoms with Gasteiger partial charge in [0.1, 0.15) is 0 Å². The lowest BCUT2D eigenvalue weighted by molar-refractivity contribution is -0.140. The molecule has 5 nitrogen and oxygen atoms in total. The number of nitrogens with zero attached hydrogens (tertiary/aromatic N) is 1. The lowest BCUT2D eigenvalue weighted by atomic mass is 9.84. The molecule has 7 heteroatoms. The summed E-state index contributed by atoms with van der Waals surface area (Å²) in [5.41, 5.74) is 1.27. The van der Waals surface area contributed by atoms with Gasteiger partial charge in [-0.05, 0) is 42.7 Å². The molecule has 0 radical (unpaired) electrons. The molecular formula is C22H21ClFNO4. The summed E-state index contributed by atoms with van der Waals surface area (Å²) >= 11 is 6.01. The van der Waals surface area contributed by atoms with Gasteiger partial charge in [-0.2, -0.15) is 0 Å². The summed E-state index contributed by atoms with van der Waals surface area (Å²) in [6.07, 6.45) is 0.596. The number of hydrogen-bond acceptors (Lipinski definition) is 3. The molecule has 0 saturated heterocycles. The van der Waals surface area contributed by atoms with Crippen LogP contribution in [-0.4, -0.2) is 26.7 Å².